The fraction of sp³-hybridized carbons (Fsp3) is 0.333. The van der Waals surface area contributed by atoms with E-state index in [1.54, 1.807) is 24.8 Å². The zero-order valence-electron chi connectivity index (χ0n) is 16.6. The van der Waals surface area contributed by atoms with Gasteiger partial charge in [0.25, 0.3) is 5.91 Å². The summed E-state index contributed by atoms with van der Waals surface area (Å²) in [6, 6.07) is 14.8. The average Bonchev–Trinajstić information content (AvgIpc) is 3.25. The van der Waals surface area contributed by atoms with E-state index in [-0.39, 0.29) is 11.9 Å². The lowest BCUT2D eigenvalue weighted by Crippen LogP contribution is -2.49. The van der Waals surface area contributed by atoms with E-state index in [9.17, 15) is 9.59 Å². The Kier molecular flexibility index (Phi) is 4.58. The molecule has 0 saturated carbocycles. The minimum Gasteiger partial charge on any atom is -0.478 e. The normalized spacial score (nSPS) is 20.3. The standard InChI is InChI=1S/C24H23NO4/c1-4-7-17-10-12-18(13-11-17)28-23(2,3)22(27)25-15-14-24(16-25)20-9-6-5-8-19(20)21(26)29-24/h1,5-6,8-13H,7,14-16H2,2-3H3. The van der Waals surface area contributed by atoms with Gasteiger partial charge in [-0.05, 0) is 37.6 Å². The first-order valence-corrected chi connectivity index (χ1v) is 9.68. The Morgan fingerprint density at radius 2 is 1.97 bits per heavy atom. The van der Waals surface area contributed by atoms with Gasteiger partial charge in [0.2, 0.25) is 0 Å². The van der Waals surface area contributed by atoms with Gasteiger partial charge in [-0.15, -0.1) is 12.3 Å². The molecule has 5 heteroatoms. The Hall–Kier alpha value is -3.26. The molecule has 0 aromatic heterocycles. The maximum absolute atomic E-state index is 13.2. The smallest absolute Gasteiger partial charge is 0.339 e. The maximum Gasteiger partial charge on any atom is 0.339 e. The molecule has 2 aromatic carbocycles. The summed E-state index contributed by atoms with van der Waals surface area (Å²) in [6.07, 6.45) is 6.47. The van der Waals surface area contributed by atoms with Crippen molar-refractivity contribution in [2.45, 2.75) is 37.9 Å². The van der Waals surface area contributed by atoms with Crippen molar-refractivity contribution in [3.8, 4) is 18.1 Å². The van der Waals surface area contributed by atoms with Crippen LogP contribution in [0.15, 0.2) is 48.5 Å². The van der Waals surface area contributed by atoms with Crippen LogP contribution in [0.5, 0.6) is 5.75 Å². The van der Waals surface area contributed by atoms with Crippen molar-refractivity contribution in [2.75, 3.05) is 13.1 Å². The number of amides is 1. The molecule has 148 valence electrons. The van der Waals surface area contributed by atoms with Crippen LogP contribution in [-0.2, 0) is 21.6 Å². The molecule has 1 unspecified atom stereocenters. The summed E-state index contributed by atoms with van der Waals surface area (Å²) in [5.41, 5.74) is 0.664. The third-order valence-corrected chi connectivity index (χ3v) is 5.56. The van der Waals surface area contributed by atoms with Gasteiger partial charge in [0.15, 0.2) is 11.2 Å². The summed E-state index contributed by atoms with van der Waals surface area (Å²) >= 11 is 0. The first kappa shape index (κ1) is 19.1. The summed E-state index contributed by atoms with van der Waals surface area (Å²) in [5.74, 6) is 2.75. The molecule has 1 amide bonds. The van der Waals surface area contributed by atoms with Gasteiger partial charge in [0.05, 0.1) is 12.1 Å². The predicted molar refractivity (Wildman–Crippen MR) is 108 cm³/mol. The number of rotatable bonds is 4. The average molecular weight is 389 g/mol. The van der Waals surface area contributed by atoms with Crippen LogP contribution >= 0.6 is 0 Å². The molecule has 2 aliphatic heterocycles. The van der Waals surface area contributed by atoms with E-state index in [0.717, 1.165) is 11.1 Å². The summed E-state index contributed by atoms with van der Waals surface area (Å²) in [5, 5.41) is 0. The van der Waals surface area contributed by atoms with Gasteiger partial charge in [0.1, 0.15) is 5.75 Å². The van der Waals surface area contributed by atoms with Gasteiger partial charge in [-0.1, -0.05) is 30.3 Å². The largest absolute Gasteiger partial charge is 0.478 e. The van der Waals surface area contributed by atoms with Gasteiger partial charge in [0, 0.05) is 24.9 Å². The minimum absolute atomic E-state index is 0.137. The molecule has 0 radical (unpaired) electrons. The van der Waals surface area contributed by atoms with Crippen molar-refractivity contribution >= 4 is 11.9 Å². The molecule has 0 N–H and O–H groups in total. The highest BCUT2D eigenvalue weighted by Gasteiger charge is 2.52. The molecule has 2 aromatic rings. The number of fused-ring (bicyclic) bond motifs is 2. The lowest BCUT2D eigenvalue weighted by atomic mass is 9.91. The van der Waals surface area contributed by atoms with E-state index in [0.29, 0.717) is 37.2 Å². The van der Waals surface area contributed by atoms with E-state index < -0.39 is 11.2 Å². The van der Waals surface area contributed by atoms with E-state index in [1.807, 2.05) is 42.5 Å². The second-order valence-electron chi connectivity index (χ2n) is 8.04. The van der Waals surface area contributed by atoms with Crippen LogP contribution < -0.4 is 4.74 Å². The number of hydrogen-bond acceptors (Lipinski definition) is 4. The van der Waals surface area contributed by atoms with Gasteiger partial charge >= 0.3 is 5.97 Å². The van der Waals surface area contributed by atoms with Crippen molar-refractivity contribution in [2.24, 2.45) is 0 Å². The summed E-state index contributed by atoms with van der Waals surface area (Å²) in [4.78, 5) is 27.2. The van der Waals surface area contributed by atoms with Crippen molar-refractivity contribution < 1.29 is 19.1 Å². The van der Waals surface area contributed by atoms with Gasteiger partial charge in [-0.25, -0.2) is 4.79 Å². The number of benzene rings is 2. The van der Waals surface area contributed by atoms with Crippen LogP contribution in [0.2, 0.25) is 0 Å². The second kappa shape index (κ2) is 6.97. The Morgan fingerprint density at radius 3 is 2.69 bits per heavy atom. The van der Waals surface area contributed by atoms with Gasteiger partial charge in [-0.3, -0.25) is 4.79 Å². The highest BCUT2D eigenvalue weighted by atomic mass is 16.6. The molecule has 1 atom stereocenters. The fourth-order valence-electron chi connectivity index (χ4n) is 4.12. The van der Waals surface area contributed by atoms with E-state index >= 15 is 0 Å². The molecule has 1 fully saturated rings. The third kappa shape index (κ3) is 3.36. The van der Waals surface area contributed by atoms with E-state index in [4.69, 9.17) is 15.9 Å². The molecular formula is C24H23NO4. The molecule has 2 heterocycles. The summed E-state index contributed by atoms with van der Waals surface area (Å²) in [7, 11) is 0. The Balaban J connectivity index is 1.49. The molecule has 4 rings (SSSR count). The fourth-order valence-corrected chi connectivity index (χ4v) is 4.12. The van der Waals surface area contributed by atoms with Gasteiger partial charge < -0.3 is 14.4 Å². The minimum atomic E-state index is -1.05. The monoisotopic (exact) mass is 389 g/mol. The molecular weight excluding hydrogens is 366 g/mol. The predicted octanol–water partition coefficient (Wildman–Crippen LogP) is 3.32. The number of carbonyl (C=O) groups is 2. The molecule has 2 aliphatic rings. The molecule has 0 aliphatic carbocycles. The van der Waals surface area contributed by atoms with E-state index in [2.05, 4.69) is 5.92 Å². The van der Waals surface area contributed by atoms with Crippen LogP contribution in [0.4, 0.5) is 0 Å². The molecule has 1 spiro atoms. The topological polar surface area (TPSA) is 55.8 Å². The highest BCUT2D eigenvalue weighted by Crippen LogP contribution is 2.43. The van der Waals surface area contributed by atoms with Crippen molar-refractivity contribution in [1.82, 2.24) is 4.90 Å². The van der Waals surface area contributed by atoms with Crippen LogP contribution in [0, 0.1) is 12.3 Å². The molecule has 1 saturated heterocycles. The van der Waals surface area contributed by atoms with E-state index in [1.165, 1.54) is 0 Å². The Labute approximate surface area is 170 Å². The molecule has 5 nitrogen and oxygen atoms in total. The van der Waals surface area contributed by atoms with Crippen molar-refractivity contribution in [3.63, 3.8) is 0 Å². The first-order chi connectivity index (χ1) is 13.8. The van der Waals surface area contributed by atoms with Crippen LogP contribution in [-0.4, -0.2) is 35.5 Å². The van der Waals surface area contributed by atoms with Crippen molar-refractivity contribution in [1.29, 1.82) is 0 Å². The molecule has 0 bridgehead atoms. The number of carbonyl (C=O) groups excluding carboxylic acids is 2. The Bertz CT molecular complexity index is 1000. The number of hydrogen-bond donors (Lipinski definition) is 0. The lowest BCUT2D eigenvalue weighted by Gasteiger charge is -2.31. The number of esters is 1. The lowest BCUT2D eigenvalue weighted by molar-refractivity contribution is -0.145. The molecule has 29 heavy (non-hydrogen) atoms. The SMILES string of the molecule is C#CCc1ccc(OC(C)(C)C(=O)N2CCC3(C2)OC(=O)c2ccccc23)cc1. The van der Waals surface area contributed by atoms with Gasteiger partial charge in [-0.2, -0.15) is 0 Å². The number of nitrogens with zero attached hydrogens (tertiary/aromatic N) is 1. The maximum atomic E-state index is 13.2. The van der Waals surface area contributed by atoms with Crippen LogP contribution in [0.3, 0.4) is 0 Å². The third-order valence-electron chi connectivity index (χ3n) is 5.56. The first-order valence-electron chi connectivity index (χ1n) is 9.68. The number of terminal acetylenes is 1. The van der Waals surface area contributed by atoms with Crippen LogP contribution in [0.25, 0.3) is 0 Å². The summed E-state index contributed by atoms with van der Waals surface area (Å²) < 4.78 is 11.7. The number of ether oxygens (including phenoxy) is 2. The zero-order valence-corrected chi connectivity index (χ0v) is 16.6. The quantitative estimate of drug-likeness (QED) is 0.595. The summed E-state index contributed by atoms with van der Waals surface area (Å²) in [6.45, 7) is 4.35. The zero-order chi connectivity index (χ0) is 20.6. The number of likely N-dealkylation sites (tertiary alicyclic amines) is 1. The second-order valence-corrected chi connectivity index (χ2v) is 8.04. The Morgan fingerprint density at radius 1 is 1.24 bits per heavy atom. The van der Waals surface area contributed by atoms with Crippen LogP contribution in [0.1, 0.15) is 41.8 Å². The highest BCUT2D eigenvalue weighted by molar-refractivity contribution is 5.95. The van der Waals surface area contributed by atoms with Crippen molar-refractivity contribution in [3.05, 3.63) is 65.2 Å².